The molecule has 1 aromatic carbocycles. The maximum absolute atomic E-state index is 6.06. The van der Waals surface area contributed by atoms with Gasteiger partial charge in [-0.25, -0.2) is 0 Å². The van der Waals surface area contributed by atoms with Crippen LogP contribution in [0.5, 0.6) is 0 Å². The highest BCUT2D eigenvalue weighted by Crippen LogP contribution is 2.52. The zero-order valence-corrected chi connectivity index (χ0v) is 12.9. The molecule has 3 atom stereocenters. The van der Waals surface area contributed by atoms with Crippen molar-refractivity contribution in [1.82, 2.24) is 10.1 Å². The average molecular weight is 324 g/mol. The first kappa shape index (κ1) is 13.4. The minimum atomic E-state index is 0.398. The van der Waals surface area contributed by atoms with Crippen LogP contribution < -0.4 is 5.73 Å². The second-order valence-corrected chi connectivity index (χ2v) is 6.93. The van der Waals surface area contributed by atoms with Gasteiger partial charge in [-0.15, -0.1) is 0 Å². The summed E-state index contributed by atoms with van der Waals surface area (Å²) in [5.41, 5.74) is 7.01. The van der Waals surface area contributed by atoms with Crippen LogP contribution in [-0.2, 0) is 0 Å². The molecule has 21 heavy (non-hydrogen) atoms. The van der Waals surface area contributed by atoms with Crippen LogP contribution in [-0.4, -0.2) is 10.1 Å². The summed E-state index contributed by atoms with van der Waals surface area (Å²) in [6.07, 6.45) is 5.11. The lowest BCUT2D eigenvalue weighted by Gasteiger charge is -2.17. The molecule has 2 N–H and O–H groups in total. The molecule has 0 aliphatic heterocycles. The van der Waals surface area contributed by atoms with Gasteiger partial charge in [0.2, 0.25) is 0 Å². The second-order valence-electron chi connectivity index (χ2n) is 6.09. The molecule has 1 aromatic heterocycles. The minimum absolute atomic E-state index is 0.398. The van der Waals surface area contributed by atoms with E-state index in [0.29, 0.717) is 39.0 Å². The molecule has 1 heterocycles. The van der Waals surface area contributed by atoms with Crippen LogP contribution in [0.4, 0.5) is 5.69 Å². The Hall–Kier alpha value is -1.26. The molecule has 2 aromatic rings. The Morgan fingerprint density at radius 3 is 2.76 bits per heavy atom. The van der Waals surface area contributed by atoms with Crippen LogP contribution in [0.3, 0.4) is 0 Å². The largest absolute Gasteiger partial charge is 0.397 e. The minimum Gasteiger partial charge on any atom is -0.397 e. The summed E-state index contributed by atoms with van der Waals surface area (Å²) >= 11 is 12.1. The van der Waals surface area contributed by atoms with Gasteiger partial charge in [-0.2, -0.15) is 4.98 Å². The number of halogens is 2. The molecule has 0 spiro atoms. The molecule has 0 amide bonds. The highest BCUT2D eigenvalue weighted by Gasteiger charge is 2.42. The molecule has 2 aliphatic carbocycles. The van der Waals surface area contributed by atoms with Gasteiger partial charge in [-0.1, -0.05) is 34.8 Å². The third-order valence-electron chi connectivity index (χ3n) is 4.84. The number of nitrogens with two attached hydrogens (primary N) is 1. The van der Waals surface area contributed by atoms with Gasteiger partial charge in [0.05, 0.1) is 16.3 Å². The third kappa shape index (κ3) is 2.21. The van der Waals surface area contributed by atoms with Crippen LogP contribution >= 0.6 is 23.2 Å². The van der Waals surface area contributed by atoms with Crippen LogP contribution in [0.15, 0.2) is 16.7 Å². The Kier molecular flexibility index (Phi) is 3.12. The van der Waals surface area contributed by atoms with E-state index < -0.39 is 0 Å². The fraction of sp³-hybridized carbons (Fsp3) is 0.467. The van der Waals surface area contributed by atoms with Crippen molar-refractivity contribution >= 4 is 28.9 Å². The number of benzene rings is 1. The van der Waals surface area contributed by atoms with Gasteiger partial charge in [0.1, 0.15) is 0 Å². The molecule has 110 valence electrons. The van der Waals surface area contributed by atoms with Crippen molar-refractivity contribution in [1.29, 1.82) is 0 Å². The van der Waals surface area contributed by atoms with Crippen molar-refractivity contribution < 1.29 is 4.52 Å². The maximum atomic E-state index is 6.06. The SMILES string of the molecule is Nc1c(Cl)cc(Cl)cc1-c1nc(C2CC3CCC2C3)no1. The van der Waals surface area contributed by atoms with Gasteiger partial charge in [-0.3, -0.25) is 0 Å². The summed E-state index contributed by atoms with van der Waals surface area (Å²) in [6, 6.07) is 3.32. The number of hydrogen-bond donors (Lipinski definition) is 1. The van der Waals surface area contributed by atoms with E-state index in [0.717, 1.165) is 11.7 Å². The van der Waals surface area contributed by atoms with Gasteiger partial charge in [-0.05, 0) is 43.2 Å². The van der Waals surface area contributed by atoms with Crippen LogP contribution in [0.2, 0.25) is 10.0 Å². The highest BCUT2D eigenvalue weighted by atomic mass is 35.5. The monoisotopic (exact) mass is 323 g/mol. The first-order chi connectivity index (χ1) is 10.1. The van der Waals surface area contributed by atoms with E-state index in [2.05, 4.69) is 10.1 Å². The molecule has 0 saturated heterocycles. The Morgan fingerprint density at radius 1 is 1.19 bits per heavy atom. The van der Waals surface area contributed by atoms with Crippen LogP contribution in [0, 0.1) is 11.8 Å². The maximum Gasteiger partial charge on any atom is 0.260 e. The topological polar surface area (TPSA) is 64.9 Å². The van der Waals surface area contributed by atoms with Crippen LogP contribution in [0.25, 0.3) is 11.5 Å². The Balaban J connectivity index is 1.69. The smallest absolute Gasteiger partial charge is 0.260 e. The number of fused-ring (bicyclic) bond motifs is 2. The number of rotatable bonds is 2. The fourth-order valence-electron chi connectivity index (χ4n) is 3.82. The van der Waals surface area contributed by atoms with Crippen molar-refractivity contribution in [3.63, 3.8) is 0 Å². The van der Waals surface area contributed by atoms with Crippen molar-refractivity contribution in [2.24, 2.45) is 11.8 Å². The number of nitrogen functional groups attached to an aromatic ring is 1. The molecule has 4 nitrogen and oxygen atoms in total. The average Bonchev–Trinajstić information content (AvgIpc) is 3.17. The van der Waals surface area contributed by atoms with Crippen LogP contribution in [0.1, 0.15) is 37.4 Å². The molecule has 2 bridgehead atoms. The van der Waals surface area contributed by atoms with Crippen molar-refractivity contribution in [2.45, 2.75) is 31.6 Å². The van der Waals surface area contributed by atoms with E-state index in [4.69, 9.17) is 33.5 Å². The van der Waals surface area contributed by atoms with Gasteiger partial charge in [0.25, 0.3) is 5.89 Å². The highest BCUT2D eigenvalue weighted by molar-refractivity contribution is 6.37. The molecule has 2 aliphatic rings. The lowest BCUT2D eigenvalue weighted by molar-refractivity contribution is 0.372. The molecular formula is C15H15Cl2N3O. The predicted molar refractivity (Wildman–Crippen MR) is 82.4 cm³/mol. The van der Waals surface area contributed by atoms with Gasteiger partial charge in [0, 0.05) is 10.9 Å². The van der Waals surface area contributed by atoms with Gasteiger partial charge >= 0.3 is 0 Å². The normalized spacial score (nSPS) is 27.4. The van der Waals surface area contributed by atoms with Crippen molar-refractivity contribution in [3.05, 3.63) is 28.0 Å². The lowest BCUT2D eigenvalue weighted by atomic mass is 9.88. The molecule has 3 unspecified atom stereocenters. The number of nitrogens with zero attached hydrogens (tertiary/aromatic N) is 2. The van der Waals surface area contributed by atoms with E-state index in [-0.39, 0.29) is 0 Å². The zero-order valence-electron chi connectivity index (χ0n) is 11.4. The summed E-state index contributed by atoms with van der Waals surface area (Å²) in [4.78, 5) is 4.55. The second kappa shape index (κ2) is 4.89. The van der Waals surface area contributed by atoms with E-state index in [1.54, 1.807) is 12.1 Å². The molecule has 4 rings (SSSR count). The van der Waals surface area contributed by atoms with Crippen molar-refractivity contribution in [3.8, 4) is 11.5 Å². The number of anilines is 1. The summed E-state index contributed by atoms with van der Waals surface area (Å²) < 4.78 is 5.40. The Morgan fingerprint density at radius 2 is 2.05 bits per heavy atom. The Bertz CT molecular complexity index is 700. The standard InChI is InChI=1S/C15H15Cl2N3O/c16-9-5-11(13(18)12(17)6-9)15-19-14(20-21-15)10-4-7-1-2-8(10)3-7/h5-8,10H,1-4,18H2. The van der Waals surface area contributed by atoms with E-state index in [1.165, 1.54) is 25.7 Å². The van der Waals surface area contributed by atoms with E-state index >= 15 is 0 Å². The van der Waals surface area contributed by atoms with Gasteiger partial charge < -0.3 is 10.3 Å². The Labute approximate surface area is 132 Å². The number of aromatic nitrogens is 2. The van der Waals surface area contributed by atoms with E-state index in [9.17, 15) is 0 Å². The molecular weight excluding hydrogens is 309 g/mol. The molecule has 2 fully saturated rings. The zero-order chi connectivity index (χ0) is 14.6. The summed E-state index contributed by atoms with van der Waals surface area (Å²) in [5, 5.41) is 5.07. The molecule has 0 radical (unpaired) electrons. The molecule has 2 saturated carbocycles. The predicted octanol–water partition coefficient (Wildman–Crippen LogP) is 4.53. The summed E-state index contributed by atoms with van der Waals surface area (Å²) in [6.45, 7) is 0. The first-order valence-corrected chi connectivity index (χ1v) is 7.96. The van der Waals surface area contributed by atoms with Crippen molar-refractivity contribution in [2.75, 3.05) is 5.73 Å². The van der Waals surface area contributed by atoms with E-state index in [1.807, 2.05) is 0 Å². The fourth-order valence-corrected chi connectivity index (χ4v) is 4.31. The summed E-state index contributed by atoms with van der Waals surface area (Å²) in [5.74, 6) is 3.17. The number of hydrogen-bond acceptors (Lipinski definition) is 4. The molecule has 6 heteroatoms. The summed E-state index contributed by atoms with van der Waals surface area (Å²) in [7, 11) is 0. The third-order valence-corrected chi connectivity index (χ3v) is 5.37. The van der Waals surface area contributed by atoms with Gasteiger partial charge in [0.15, 0.2) is 5.82 Å². The quantitative estimate of drug-likeness (QED) is 0.824. The lowest BCUT2D eigenvalue weighted by Crippen LogP contribution is -2.09. The first-order valence-electron chi connectivity index (χ1n) is 7.20.